The molecule has 2 aromatic rings. The molecule has 0 spiro atoms. The Kier molecular flexibility index (Phi) is 5.67. The molecule has 1 aromatic heterocycles. The lowest BCUT2D eigenvalue weighted by atomic mass is 9.69. The van der Waals surface area contributed by atoms with Gasteiger partial charge in [0.1, 0.15) is 0 Å². The van der Waals surface area contributed by atoms with Gasteiger partial charge < -0.3 is 10.0 Å². The van der Waals surface area contributed by atoms with Crippen LogP contribution in [0.15, 0.2) is 48.8 Å². The fraction of sp³-hybridized carbons (Fsp3) is 0.476. The van der Waals surface area contributed by atoms with E-state index >= 15 is 0 Å². The molecule has 1 aliphatic heterocycles. The number of rotatable bonds is 5. The van der Waals surface area contributed by atoms with Gasteiger partial charge in [0, 0.05) is 30.9 Å². The zero-order valence-corrected chi connectivity index (χ0v) is 15.5. The number of aliphatic hydroxyl groups is 1. The van der Waals surface area contributed by atoms with Gasteiger partial charge in [0.25, 0.3) is 5.91 Å². The third kappa shape index (κ3) is 3.36. The maximum absolute atomic E-state index is 13.0. The van der Waals surface area contributed by atoms with Crippen molar-refractivity contribution in [3.8, 4) is 0 Å². The Labute approximate surface area is 155 Å². The van der Waals surface area contributed by atoms with Crippen LogP contribution >= 0.6 is 0 Å². The molecule has 2 heterocycles. The van der Waals surface area contributed by atoms with Crippen molar-refractivity contribution < 1.29 is 9.90 Å². The molecule has 1 N–H and O–H groups in total. The lowest BCUT2D eigenvalue weighted by Crippen LogP contribution is -2.58. The molecule has 1 aromatic carbocycles. The zero-order chi connectivity index (χ0) is 18.6. The molecule has 26 heavy (non-hydrogen) atoms. The first-order valence-electron chi connectivity index (χ1n) is 9.47. The van der Waals surface area contributed by atoms with Gasteiger partial charge in [-0.1, -0.05) is 50.6 Å². The highest BCUT2D eigenvalue weighted by atomic mass is 16.3. The van der Waals surface area contributed by atoms with Crippen LogP contribution in [0.5, 0.6) is 0 Å². The Bertz CT molecular complexity index is 723. The van der Waals surface area contributed by atoms with E-state index in [1.165, 1.54) is 0 Å². The van der Waals surface area contributed by atoms with E-state index in [1.54, 1.807) is 18.5 Å². The van der Waals surface area contributed by atoms with E-state index < -0.39 is 5.60 Å². The monoisotopic (exact) mass is 353 g/mol. The maximum atomic E-state index is 13.0. The van der Waals surface area contributed by atoms with Crippen molar-refractivity contribution in [2.24, 2.45) is 5.92 Å². The predicted molar refractivity (Wildman–Crippen MR) is 101 cm³/mol. The molecule has 0 unspecified atom stereocenters. The van der Waals surface area contributed by atoms with Crippen LogP contribution in [0.2, 0.25) is 0 Å². The molecule has 3 rings (SSSR count). The normalized spacial score (nSPS) is 25.9. The minimum Gasteiger partial charge on any atom is -0.385 e. The maximum Gasteiger partial charge on any atom is 0.291 e. The molecular formula is C21H27N3O2. The van der Waals surface area contributed by atoms with Crippen LogP contribution in [0.3, 0.4) is 0 Å². The summed E-state index contributed by atoms with van der Waals surface area (Å²) >= 11 is 0. The summed E-state index contributed by atoms with van der Waals surface area (Å²) in [6.45, 7) is 4.70. The Morgan fingerprint density at radius 2 is 1.88 bits per heavy atom. The summed E-state index contributed by atoms with van der Waals surface area (Å²) in [6.07, 6.45) is 6.32. The number of hydrogen-bond acceptors (Lipinski definition) is 4. The van der Waals surface area contributed by atoms with Crippen LogP contribution in [0.1, 0.15) is 55.7 Å². The van der Waals surface area contributed by atoms with E-state index in [2.05, 4.69) is 23.8 Å². The summed E-state index contributed by atoms with van der Waals surface area (Å²) in [4.78, 5) is 23.1. The van der Waals surface area contributed by atoms with Crippen LogP contribution in [0.4, 0.5) is 0 Å². The lowest BCUT2D eigenvalue weighted by molar-refractivity contribution is -0.101. The van der Waals surface area contributed by atoms with Crippen LogP contribution in [-0.2, 0) is 5.60 Å². The number of carbonyl (C=O) groups excluding carboxylic acids is 1. The second-order valence-corrected chi connectivity index (χ2v) is 6.98. The number of hydrogen-bond donors (Lipinski definition) is 1. The molecule has 1 aliphatic rings. The quantitative estimate of drug-likeness (QED) is 0.894. The van der Waals surface area contributed by atoms with E-state index in [-0.39, 0.29) is 23.7 Å². The van der Waals surface area contributed by atoms with Crippen LogP contribution in [0, 0.1) is 5.92 Å². The first kappa shape index (κ1) is 18.5. The van der Waals surface area contributed by atoms with Gasteiger partial charge in [-0.2, -0.15) is 0 Å². The Hall–Kier alpha value is -2.27. The van der Waals surface area contributed by atoms with Gasteiger partial charge in [-0.05, 0) is 30.9 Å². The Balaban J connectivity index is 1.95. The zero-order valence-electron chi connectivity index (χ0n) is 15.5. The summed E-state index contributed by atoms with van der Waals surface area (Å²) < 4.78 is 0. The fourth-order valence-electron chi connectivity index (χ4n) is 4.30. The summed E-state index contributed by atoms with van der Waals surface area (Å²) in [7, 11) is 0. The lowest BCUT2D eigenvalue weighted by Gasteiger charge is -2.50. The van der Waals surface area contributed by atoms with Gasteiger partial charge in [0.15, 0.2) is 0 Å². The van der Waals surface area contributed by atoms with E-state index in [0.717, 1.165) is 24.8 Å². The minimum absolute atomic E-state index is 0.0127. The van der Waals surface area contributed by atoms with Crippen molar-refractivity contribution >= 4 is 5.91 Å². The third-order valence-corrected chi connectivity index (χ3v) is 5.52. The van der Waals surface area contributed by atoms with Crippen LogP contribution in [-0.4, -0.2) is 38.5 Å². The highest BCUT2D eigenvalue weighted by Crippen LogP contribution is 2.44. The number of amides is 1. The van der Waals surface area contributed by atoms with Crippen LogP contribution in [0.25, 0.3) is 0 Å². The van der Waals surface area contributed by atoms with E-state index in [1.807, 2.05) is 35.2 Å². The first-order valence-corrected chi connectivity index (χ1v) is 9.47. The Morgan fingerprint density at radius 3 is 2.50 bits per heavy atom. The molecule has 1 amide bonds. The number of aromatic nitrogens is 2. The molecule has 0 radical (unpaired) electrons. The molecular weight excluding hydrogens is 326 g/mol. The van der Waals surface area contributed by atoms with Crippen LogP contribution < -0.4 is 0 Å². The summed E-state index contributed by atoms with van der Waals surface area (Å²) in [6, 6.07) is 11.5. The van der Waals surface area contributed by atoms with Gasteiger partial charge in [-0.25, -0.2) is 9.97 Å². The number of benzene rings is 1. The van der Waals surface area contributed by atoms with Crippen molar-refractivity contribution in [2.75, 3.05) is 6.54 Å². The molecule has 138 valence electrons. The van der Waals surface area contributed by atoms with Gasteiger partial charge in [-0.3, -0.25) is 4.79 Å². The van der Waals surface area contributed by atoms with E-state index in [9.17, 15) is 9.90 Å². The first-order chi connectivity index (χ1) is 12.6. The number of carbonyl (C=O) groups is 1. The van der Waals surface area contributed by atoms with E-state index in [4.69, 9.17) is 0 Å². The van der Waals surface area contributed by atoms with Gasteiger partial charge in [0.05, 0.1) is 5.60 Å². The number of nitrogens with zero attached hydrogens (tertiary/aromatic N) is 3. The van der Waals surface area contributed by atoms with Crippen molar-refractivity contribution in [3.63, 3.8) is 0 Å². The molecule has 3 atom stereocenters. The fourth-order valence-corrected chi connectivity index (χ4v) is 4.30. The largest absolute Gasteiger partial charge is 0.385 e. The minimum atomic E-state index is -0.910. The molecule has 5 heteroatoms. The average molecular weight is 353 g/mol. The summed E-state index contributed by atoms with van der Waals surface area (Å²) in [5, 5.41) is 11.6. The van der Waals surface area contributed by atoms with Gasteiger partial charge in [0.2, 0.25) is 5.82 Å². The number of likely N-dealkylation sites (tertiary alicyclic amines) is 1. The molecule has 0 saturated carbocycles. The SMILES string of the molecule is CCC[C@@H]1[C@H](CC)N(C(=O)c2ncccn2)CC[C@@]1(O)c1ccccc1. The smallest absolute Gasteiger partial charge is 0.291 e. The van der Waals surface area contributed by atoms with Crippen molar-refractivity contribution in [1.82, 2.24) is 14.9 Å². The van der Waals surface area contributed by atoms with Crippen molar-refractivity contribution in [3.05, 3.63) is 60.2 Å². The highest BCUT2D eigenvalue weighted by Gasteiger charge is 2.48. The van der Waals surface area contributed by atoms with Gasteiger partial charge >= 0.3 is 0 Å². The van der Waals surface area contributed by atoms with Gasteiger partial charge in [-0.15, -0.1) is 0 Å². The molecule has 0 bridgehead atoms. The third-order valence-electron chi connectivity index (χ3n) is 5.52. The summed E-state index contributed by atoms with van der Waals surface area (Å²) in [5.74, 6) is 0.0707. The molecule has 1 fully saturated rings. The Morgan fingerprint density at radius 1 is 1.19 bits per heavy atom. The molecule has 1 saturated heterocycles. The highest BCUT2D eigenvalue weighted by molar-refractivity contribution is 5.90. The summed E-state index contributed by atoms with van der Waals surface area (Å²) in [5.41, 5.74) is 0.0340. The molecule has 5 nitrogen and oxygen atoms in total. The second kappa shape index (κ2) is 7.96. The standard InChI is InChI=1S/C21H27N3O2/c1-3-9-17-18(4-2)24(20(25)19-22-13-8-14-23-19)15-12-21(17,26)16-10-6-5-7-11-16/h5-8,10-11,13-14,17-18,26H,3-4,9,12,15H2,1-2H3/t17-,18+,21-/m1/s1. The predicted octanol–water partition coefficient (Wildman–Crippen LogP) is 3.41. The average Bonchev–Trinajstić information content (AvgIpc) is 2.70. The molecule has 0 aliphatic carbocycles. The second-order valence-electron chi connectivity index (χ2n) is 6.98. The number of piperidine rings is 1. The van der Waals surface area contributed by atoms with Crippen molar-refractivity contribution in [1.29, 1.82) is 0 Å². The topological polar surface area (TPSA) is 66.3 Å². The van der Waals surface area contributed by atoms with Crippen molar-refractivity contribution in [2.45, 2.75) is 51.2 Å². The van der Waals surface area contributed by atoms with E-state index in [0.29, 0.717) is 13.0 Å².